The molecular weight excluding hydrogens is 352 g/mol. The zero-order valence-electron chi connectivity index (χ0n) is 16.3. The van der Waals surface area contributed by atoms with Crippen molar-refractivity contribution in [3.63, 3.8) is 0 Å². The van der Waals surface area contributed by atoms with E-state index in [0.717, 1.165) is 6.54 Å². The van der Waals surface area contributed by atoms with Crippen LogP contribution < -0.4 is 4.72 Å². The number of aromatic nitrogens is 2. The lowest BCUT2D eigenvalue weighted by Crippen LogP contribution is -2.28. The minimum absolute atomic E-state index is 0.303. The van der Waals surface area contributed by atoms with Crippen LogP contribution in [0.4, 0.5) is 0 Å². The van der Waals surface area contributed by atoms with E-state index in [9.17, 15) is 0 Å². The van der Waals surface area contributed by atoms with Crippen LogP contribution >= 0.6 is 11.9 Å². The number of fused-ring (bicyclic) bond motifs is 2. The number of hydrogen-bond donors (Lipinski definition) is 2. The summed E-state index contributed by atoms with van der Waals surface area (Å²) in [5.74, 6) is 0. The van der Waals surface area contributed by atoms with E-state index in [-0.39, 0.29) is 0 Å². The third kappa shape index (κ3) is 3.50. The molecule has 2 aromatic carbocycles. The summed E-state index contributed by atoms with van der Waals surface area (Å²) in [7, 11) is 6.44. The third-order valence-electron chi connectivity index (χ3n) is 5.21. The molecule has 5 heteroatoms. The molecule has 0 aliphatic carbocycles. The van der Waals surface area contributed by atoms with E-state index >= 15 is 0 Å². The van der Waals surface area contributed by atoms with Crippen LogP contribution in [0.15, 0.2) is 59.8 Å². The maximum Gasteiger partial charge on any atom is 0.0510 e. The molecular formula is C22H26N4S. The molecule has 0 spiro atoms. The minimum Gasteiger partial charge on any atom is -0.361 e. The Bertz CT molecular complexity index is 1080. The lowest BCUT2D eigenvalue weighted by atomic mass is 10.0. The predicted molar refractivity (Wildman–Crippen MR) is 116 cm³/mol. The number of H-pyrrole nitrogens is 1. The Balaban J connectivity index is 1.54. The number of rotatable bonds is 6. The summed E-state index contributed by atoms with van der Waals surface area (Å²) >= 11 is 1.69. The minimum atomic E-state index is 0.303. The van der Waals surface area contributed by atoms with Crippen molar-refractivity contribution in [3.8, 4) is 0 Å². The van der Waals surface area contributed by atoms with Gasteiger partial charge in [-0.2, -0.15) is 0 Å². The molecule has 0 fully saturated rings. The molecule has 0 bridgehead atoms. The summed E-state index contributed by atoms with van der Waals surface area (Å²) in [5, 5.41) is 2.59. The molecule has 2 N–H and O–H groups in total. The van der Waals surface area contributed by atoms with Crippen molar-refractivity contribution in [2.45, 2.75) is 17.9 Å². The number of nitrogens with zero attached hydrogens (tertiary/aromatic N) is 2. The monoisotopic (exact) mass is 378 g/mol. The molecule has 2 heterocycles. The van der Waals surface area contributed by atoms with Crippen molar-refractivity contribution in [2.24, 2.45) is 7.05 Å². The predicted octanol–water partition coefficient (Wildman–Crippen LogP) is 4.87. The quantitative estimate of drug-likeness (QED) is 0.470. The SMILES string of the molecule is Cc1cccc2c(C(CNSc3ccc4cc[nH]c4c3)N(C)C)cn(C)c12. The van der Waals surface area contributed by atoms with Crippen LogP contribution in [0.3, 0.4) is 0 Å². The molecule has 1 atom stereocenters. The number of aryl methyl sites for hydroxylation is 2. The number of aromatic amines is 1. The van der Waals surface area contributed by atoms with Crippen LogP contribution in [0.1, 0.15) is 17.2 Å². The van der Waals surface area contributed by atoms with E-state index in [4.69, 9.17) is 0 Å². The van der Waals surface area contributed by atoms with Crippen molar-refractivity contribution in [3.05, 3.63) is 66.0 Å². The van der Waals surface area contributed by atoms with E-state index in [1.807, 2.05) is 6.20 Å². The van der Waals surface area contributed by atoms with E-state index in [2.05, 4.69) is 95.9 Å². The molecule has 0 radical (unpaired) electrons. The van der Waals surface area contributed by atoms with Gasteiger partial charge in [-0.05, 0) is 67.7 Å². The number of likely N-dealkylation sites (N-methyl/N-ethyl adjacent to an activating group) is 1. The molecule has 1 unspecified atom stereocenters. The molecule has 4 aromatic rings. The zero-order valence-corrected chi connectivity index (χ0v) is 17.1. The lowest BCUT2D eigenvalue weighted by Gasteiger charge is -2.24. The Morgan fingerprint density at radius 2 is 2.04 bits per heavy atom. The van der Waals surface area contributed by atoms with Gasteiger partial charge in [-0.3, -0.25) is 4.72 Å². The van der Waals surface area contributed by atoms with Crippen molar-refractivity contribution >= 4 is 33.8 Å². The largest absolute Gasteiger partial charge is 0.361 e. The van der Waals surface area contributed by atoms with Crippen LogP contribution in [-0.2, 0) is 7.05 Å². The number of hydrogen-bond acceptors (Lipinski definition) is 3. The second kappa shape index (κ2) is 7.43. The van der Waals surface area contributed by atoms with Gasteiger partial charge in [0.05, 0.1) is 5.52 Å². The Kier molecular flexibility index (Phi) is 5.00. The number of para-hydroxylation sites is 1. The van der Waals surface area contributed by atoms with Crippen LogP contribution in [0.5, 0.6) is 0 Å². The molecule has 4 nitrogen and oxygen atoms in total. The van der Waals surface area contributed by atoms with E-state index in [1.165, 1.54) is 37.8 Å². The molecule has 27 heavy (non-hydrogen) atoms. The maximum atomic E-state index is 3.58. The summed E-state index contributed by atoms with van der Waals surface area (Å²) in [6.45, 7) is 3.05. The van der Waals surface area contributed by atoms with Gasteiger partial charge in [-0.25, -0.2) is 0 Å². The second-order valence-electron chi connectivity index (χ2n) is 7.32. The fourth-order valence-corrected chi connectivity index (χ4v) is 4.55. The normalized spacial score (nSPS) is 13.1. The topological polar surface area (TPSA) is 36.0 Å². The Hall–Kier alpha value is -2.21. The first-order valence-corrected chi connectivity index (χ1v) is 10.0. The highest BCUT2D eigenvalue weighted by atomic mass is 32.2. The molecule has 0 aliphatic heterocycles. The first-order valence-electron chi connectivity index (χ1n) is 9.22. The first kappa shape index (κ1) is 18.2. The molecule has 0 amide bonds. The highest BCUT2D eigenvalue weighted by Gasteiger charge is 2.19. The van der Waals surface area contributed by atoms with Crippen LogP contribution in [0.2, 0.25) is 0 Å². The Labute approximate surface area is 164 Å². The van der Waals surface area contributed by atoms with Gasteiger partial charge in [0.25, 0.3) is 0 Å². The summed E-state index contributed by atoms with van der Waals surface area (Å²) in [6, 6.07) is 15.5. The Morgan fingerprint density at radius 3 is 2.85 bits per heavy atom. The van der Waals surface area contributed by atoms with Gasteiger partial charge >= 0.3 is 0 Å². The summed E-state index contributed by atoms with van der Waals surface area (Å²) in [6.07, 6.45) is 4.26. The van der Waals surface area contributed by atoms with Gasteiger partial charge in [0.2, 0.25) is 0 Å². The van der Waals surface area contributed by atoms with E-state index < -0.39 is 0 Å². The average molecular weight is 379 g/mol. The Morgan fingerprint density at radius 1 is 1.19 bits per heavy atom. The molecule has 0 saturated carbocycles. The average Bonchev–Trinajstić information content (AvgIpc) is 3.23. The fraction of sp³-hybridized carbons (Fsp3) is 0.273. The van der Waals surface area contributed by atoms with Crippen LogP contribution in [-0.4, -0.2) is 35.1 Å². The smallest absolute Gasteiger partial charge is 0.0510 e. The fourth-order valence-electron chi connectivity index (χ4n) is 3.83. The van der Waals surface area contributed by atoms with Crippen molar-refractivity contribution in [2.75, 3.05) is 20.6 Å². The summed E-state index contributed by atoms with van der Waals surface area (Å²) in [5.41, 5.74) is 5.19. The summed E-state index contributed by atoms with van der Waals surface area (Å²) in [4.78, 5) is 6.79. The maximum absolute atomic E-state index is 3.58. The number of nitrogens with one attached hydrogen (secondary N) is 2. The van der Waals surface area contributed by atoms with E-state index in [1.54, 1.807) is 11.9 Å². The van der Waals surface area contributed by atoms with Gasteiger partial charge in [-0.15, -0.1) is 0 Å². The molecule has 140 valence electrons. The van der Waals surface area contributed by atoms with Gasteiger partial charge in [-0.1, -0.05) is 24.3 Å². The van der Waals surface area contributed by atoms with Crippen molar-refractivity contribution < 1.29 is 0 Å². The standard InChI is InChI=1S/C22H26N4S/c1-15-6-5-7-18-19(14-26(4)22(15)18)21(25(2)3)13-24-27-17-9-8-16-10-11-23-20(16)12-17/h5-12,14,21,23-24H,13H2,1-4H3. The van der Waals surface area contributed by atoms with Crippen molar-refractivity contribution in [1.82, 2.24) is 19.2 Å². The van der Waals surface area contributed by atoms with Crippen LogP contribution in [0, 0.1) is 6.92 Å². The van der Waals surface area contributed by atoms with Crippen molar-refractivity contribution in [1.29, 1.82) is 0 Å². The van der Waals surface area contributed by atoms with Gasteiger partial charge in [0, 0.05) is 47.8 Å². The zero-order chi connectivity index (χ0) is 19.0. The van der Waals surface area contributed by atoms with Crippen LogP contribution in [0.25, 0.3) is 21.8 Å². The summed E-state index contributed by atoms with van der Waals surface area (Å²) < 4.78 is 5.83. The molecule has 0 saturated heterocycles. The van der Waals surface area contributed by atoms with E-state index in [0.29, 0.717) is 6.04 Å². The van der Waals surface area contributed by atoms with Gasteiger partial charge < -0.3 is 14.5 Å². The van der Waals surface area contributed by atoms with Gasteiger partial charge in [0.15, 0.2) is 0 Å². The molecule has 0 aliphatic rings. The first-order chi connectivity index (χ1) is 13.0. The third-order valence-corrected chi connectivity index (χ3v) is 6.01. The molecule has 2 aromatic heterocycles. The van der Waals surface area contributed by atoms with Gasteiger partial charge in [0.1, 0.15) is 0 Å². The lowest BCUT2D eigenvalue weighted by molar-refractivity contribution is 0.303. The number of benzene rings is 2. The highest BCUT2D eigenvalue weighted by molar-refractivity contribution is 7.97. The second-order valence-corrected chi connectivity index (χ2v) is 8.29. The molecule has 4 rings (SSSR count). The highest BCUT2D eigenvalue weighted by Crippen LogP contribution is 2.31.